The molecule has 3 aromatic heterocycles. The number of pyridine rings is 3. The highest BCUT2D eigenvalue weighted by molar-refractivity contribution is 6.11. The number of rotatable bonds is 30. The van der Waals surface area contributed by atoms with Gasteiger partial charge in [0.25, 0.3) is 41.4 Å². The van der Waals surface area contributed by atoms with Crippen molar-refractivity contribution in [2.45, 2.75) is 144 Å². The third-order valence-corrected chi connectivity index (χ3v) is 25.8. The summed E-state index contributed by atoms with van der Waals surface area (Å²) in [6.07, 6.45) is 13.6. The van der Waals surface area contributed by atoms with E-state index in [1.165, 1.54) is 52.1 Å². The van der Waals surface area contributed by atoms with E-state index >= 15 is 0 Å². The number of amides is 7. The number of nitrogens with one attached hydrogen (secondary N) is 6. The summed E-state index contributed by atoms with van der Waals surface area (Å²) in [7, 11) is 1.79. The number of fused-ring (bicyclic) bond motifs is 3. The van der Waals surface area contributed by atoms with Gasteiger partial charge in [-0.2, -0.15) is 0 Å². The number of morpholine rings is 1. The van der Waals surface area contributed by atoms with Gasteiger partial charge >= 0.3 is 11.9 Å². The fraction of sp³-hybridized carbons (Fsp3) is 0.310. The molecule has 16 rings (SSSR count). The molecule has 0 saturated carbocycles. The summed E-state index contributed by atoms with van der Waals surface area (Å²) in [5.41, 5.74) is 18.0. The number of aromatic nitrogens is 3. The van der Waals surface area contributed by atoms with Gasteiger partial charge in [-0.05, 0) is 299 Å². The number of ether oxygens (including phenoxy) is 2. The van der Waals surface area contributed by atoms with Crippen molar-refractivity contribution in [1.82, 2.24) is 40.7 Å². The fourth-order valence-electron chi connectivity index (χ4n) is 18.2. The van der Waals surface area contributed by atoms with E-state index in [4.69, 9.17) is 9.47 Å². The molecule has 3 aliphatic carbocycles. The standard InChI is InChI=1S/C41H48N6O4.C38H42N4O4.C34H34N4O4/c1-4-47(5-2)33-16-17-37(44-39(48)30-12-8-13-32(26-30)41(50)45(3)20-21-46-22-24-51-25-23-46)35(28-33)38-27-31(18-19-42-38)40(49)43-36-15-9-11-29-10-6-7-14-34(29)36;1-6-42(7-2)29-18-19-33(41-35(43)26-14-10-15-28(22-26)37(45)46-38(3,4)5)31(24-29)34-23-27(20-21-39-34)36(44)40-32-17-11-13-25-12-8-9-16-30(25)32;1-3-38(4-2)26-15-16-30(37-32(39)23-11-7-12-25(19-23)34(41)42)28(21-26)31-20-24(17-18-35-31)33(40)36-29-14-8-10-22-9-5-6-13-27(22)29/h6-8,10,12-14,16-19,26-28,36H,4-5,9,11,15,20-25H2,1-3H3,(H,43,49)(H,44,48);8-10,12,14-16,18-24,32H,6-7,11,13,17H2,1-5H3,(H,40,44)(H,41,43);5-7,9,11-13,15-21,29H,3-4,8,10,14H2,1-2H3,(H,36,40)(H,37,39)(H,41,42). The number of hydrogen-bond acceptors (Lipinski definition) is 18. The molecule has 26 heteroatoms. The highest BCUT2D eigenvalue weighted by Gasteiger charge is 2.30. The lowest BCUT2D eigenvalue weighted by atomic mass is 9.87. The molecule has 0 spiro atoms. The maximum absolute atomic E-state index is 13.8. The minimum Gasteiger partial charge on any atom is -0.478 e. The molecule has 718 valence electrons. The van der Waals surface area contributed by atoms with Gasteiger partial charge in [-0.25, -0.2) is 9.59 Å². The zero-order valence-electron chi connectivity index (χ0n) is 80.8. The highest BCUT2D eigenvalue weighted by Crippen LogP contribution is 2.39. The lowest BCUT2D eigenvalue weighted by Crippen LogP contribution is -2.41. The van der Waals surface area contributed by atoms with Crippen LogP contribution in [0.5, 0.6) is 0 Å². The molecule has 4 aliphatic rings. The average Bonchev–Trinajstić information content (AvgIpc) is 0.795. The van der Waals surface area contributed by atoms with E-state index in [2.05, 4.69) is 144 Å². The summed E-state index contributed by atoms with van der Waals surface area (Å²) < 4.78 is 10.9. The molecule has 12 aromatic rings. The minimum atomic E-state index is -1.11. The Balaban J connectivity index is 0.000000167. The van der Waals surface area contributed by atoms with Crippen molar-refractivity contribution in [3.8, 4) is 33.8 Å². The smallest absolute Gasteiger partial charge is 0.338 e. The van der Waals surface area contributed by atoms with E-state index in [0.29, 0.717) is 110 Å². The number of hydrogen-bond donors (Lipinski definition) is 7. The molecule has 1 saturated heterocycles. The van der Waals surface area contributed by atoms with Crippen LogP contribution in [0.25, 0.3) is 33.8 Å². The van der Waals surface area contributed by atoms with Crippen LogP contribution < -0.4 is 46.6 Å². The summed E-state index contributed by atoms with van der Waals surface area (Å²) in [6.45, 7) is 27.2. The van der Waals surface area contributed by atoms with Crippen molar-refractivity contribution in [1.29, 1.82) is 0 Å². The van der Waals surface area contributed by atoms with Crippen LogP contribution in [0.15, 0.2) is 255 Å². The van der Waals surface area contributed by atoms with E-state index in [1.54, 1.807) is 136 Å². The summed E-state index contributed by atoms with van der Waals surface area (Å²) in [4.78, 5) is 143. The topological polar surface area (TPSA) is 319 Å². The van der Waals surface area contributed by atoms with E-state index < -0.39 is 23.4 Å². The van der Waals surface area contributed by atoms with Crippen LogP contribution >= 0.6 is 0 Å². The number of benzene rings is 9. The maximum atomic E-state index is 13.8. The Morgan fingerprint density at radius 2 is 0.712 bits per heavy atom. The zero-order chi connectivity index (χ0) is 98.2. The number of carboxylic acid groups (broad SMARTS) is 1. The Hall–Kier alpha value is -15.0. The highest BCUT2D eigenvalue weighted by atomic mass is 16.6. The molecular weight excluding hydrogens is 1750 g/mol. The van der Waals surface area contributed by atoms with E-state index in [9.17, 15) is 48.3 Å². The molecule has 26 nitrogen and oxygen atoms in total. The van der Waals surface area contributed by atoms with Crippen LogP contribution in [-0.2, 0) is 28.7 Å². The predicted octanol–water partition coefficient (Wildman–Crippen LogP) is 20.0. The Bertz CT molecular complexity index is 6430. The Kier molecular flexibility index (Phi) is 33.9. The van der Waals surface area contributed by atoms with E-state index in [-0.39, 0.29) is 64.7 Å². The van der Waals surface area contributed by atoms with Crippen LogP contribution in [0, 0.1) is 0 Å². The van der Waals surface area contributed by atoms with Gasteiger partial charge in [0.05, 0.1) is 76.6 Å². The van der Waals surface area contributed by atoms with Gasteiger partial charge in [-0.1, -0.05) is 91.0 Å². The van der Waals surface area contributed by atoms with Crippen LogP contribution in [0.1, 0.15) is 246 Å². The third kappa shape index (κ3) is 25.6. The number of anilines is 6. The molecule has 4 heterocycles. The fourth-order valence-corrected chi connectivity index (χ4v) is 18.2. The van der Waals surface area contributed by atoms with Crippen molar-refractivity contribution >= 4 is 87.4 Å². The van der Waals surface area contributed by atoms with Gasteiger partial charge in [-0.15, -0.1) is 0 Å². The molecule has 0 radical (unpaired) electrons. The van der Waals surface area contributed by atoms with E-state index in [0.717, 1.165) is 139 Å². The Morgan fingerprint density at radius 1 is 0.388 bits per heavy atom. The van der Waals surface area contributed by atoms with Crippen molar-refractivity contribution in [3.63, 3.8) is 0 Å². The molecule has 3 atom stereocenters. The molecule has 9 aromatic carbocycles. The quantitative estimate of drug-likeness (QED) is 0.0206. The number of aryl methyl sites for hydroxylation is 3. The van der Waals surface area contributed by atoms with Crippen LogP contribution in [-0.4, -0.2) is 174 Å². The second-order valence-electron chi connectivity index (χ2n) is 35.9. The Morgan fingerprint density at radius 3 is 1.06 bits per heavy atom. The van der Waals surface area contributed by atoms with Crippen LogP contribution in [0.2, 0.25) is 0 Å². The van der Waals surface area contributed by atoms with Gasteiger partial charge in [0, 0.05) is 164 Å². The molecule has 0 bridgehead atoms. The zero-order valence-corrected chi connectivity index (χ0v) is 80.8. The molecule has 139 heavy (non-hydrogen) atoms. The lowest BCUT2D eigenvalue weighted by molar-refractivity contribution is 0.00683. The Labute approximate surface area is 813 Å². The molecule has 7 N–H and O–H groups in total. The third-order valence-electron chi connectivity index (χ3n) is 25.8. The first-order valence-electron chi connectivity index (χ1n) is 48.3. The predicted molar refractivity (Wildman–Crippen MR) is 548 cm³/mol. The number of carbonyl (C=O) groups is 9. The van der Waals surface area contributed by atoms with E-state index in [1.807, 2.05) is 91.0 Å². The SMILES string of the molecule is CCN(CC)c1ccc(NC(=O)c2cccc(C(=O)N(C)CCN3CCOCC3)c2)c(-c2cc(C(=O)NC3CCCc4ccccc43)ccn2)c1.CCN(CC)c1ccc(NC(=O)c2cccc(C(=O)O)c2)c(-c2cc(C(=O)NC3CCCc4ccccc43)ccn2)c1.CCN(CC)c1ccc(NC(=O)c2cccc(C(=O)OC(C)(C)C)c2)c(-c2cc(C(=O)NC3CCCc4ccccc43)ccn2)c1. The maximum Gasteiger partial charge on any atom is 0.338 e. The number of carboxylic acids is 1. The van der Waals surface area contributed by atoms with Crippen molar-refractivity contribution < 1.29 is 57.7 Å². The second-order valence-corrected chi connectivity index (χ2v) is 35.9. The first kappa shape index (κ1) is 99.9. The number of carbonyl (C=O) groups excluding carboxylic acids is 8. The number of nitrogens with zero attached hydrogens (tertiary/aromatic N) is 8. The van der Waals surface area contributed by atoms with Crippen LogP contribution in [0.3, 0.4) is 0 Å². The molecule has 1 fully saturated rings. The van der Waals surface area contributed by atoms with Crippen molar-refractivity contribution in [3.05, 3.63) is 339 Å². The minimum absolute atomic E-state index is 0.0284. The summed E-state index contributed by atoms with van der Waals surface area (Å²) in [5.74, 6) is -3.44. The summed E-state index contributed by atoms with van der Waals surface area (Å²) in [6, 6.07) is 71.6. The average molecular weight is 1870 g/mol. The van der Waals surface area contributed by atoms with Gasteiger partial charge in [0.15, 0.2) is 0 Å². The summed E-state index contributed by atoms with van der Waals surface area (Å²) in [5, 5.41) is 28.1. The normalized spacial score (nSPS) is 14.7. The molecule has 3 unspecified atom stereocenters. The second kappa shape index (κ2) is 47.2. The number of aromatic carboxylic acids is 1. The molecular formula is C113H124N14O12. The summed E-state index contributed by atoms with van der Waals surface area (Å²) >= 11 is 0. The first-order valence-corrected chi connectivity index (χ1v) is 48.3. The number of likely N-dealkylation sites (N-methyl/N-ethyl adjacent to an activating group) is 1. The van der Waals surface area contributed by atoms with Gasteiger partial charge in [0.1, 0.15) is 5.60 Å². The number of esters is 1. The largest absolute Gasteiger partial charge is 0.478 e. The van der Waals surface area contributed by atoms with Crippen LogP contribution in [0.4, 0.5) is 34.1 Å². The van der Waals surface area contributed by atoms with Gasteiger partial charge in [-0.3, -0.25) is 53.4 Å². The monoisotopic (exact) mass is 1870 g/mol. The molecule has 1 aliphatic heterocycles. The van der Waals surface area contributed by atoms with Gasteiger partial charge < -0.3 is 66.1 Å². The lowest BCUT2D eigenvalue weighted by Gasteiger charge is -2.28. The van der Waals surface area contributed by atoms with Crippen molar-refractivity contribution in [2.24, 2.45) is 0 Å². The molecule has 7 amide bonds. The van der Waals surface area contributed by atoms with Gasteiger partial charge in [0.2, 0.25) is 0 Å². The first-order chi connectivity index (χ1) is 67.3. The van der Waals surface area contributed by atoms with Crippen molar-refractivity contribution in [2.75, 3.05) is 116 Å².